The molecule has 1 amide bonds. The van der Waals surface area contributed by atoms with Crippen LogP contribution in [0.4, 0.5) is 4.79 Å². The molecule has 0 N–H and O–H groups in total. The molecular formula is C23H29N3O4. The largest absolute Gasteiger partial charge is 0.465 e. The number of hydrogen-bond acceptors (Lipinski definition) is 5. The van der Waals surface area contributed by atoms with Crippen LogP contribution in [0.15, 0.2) is 30.3 Å². The van der Waals surface area contributed by atoms with Crippen LogP contribution in [0.25, 0.3) is 11.3 Å². The van der Waals surface area contributed by atoms with Crippen LogP contribution in [0.5, 0.6) is 0 Å². The van der Waals surface area contributed by atoms with E-state index < -0.39 is 5.60 Å². The van der Waals surface area contributed by atoms with Crippen LogP contribution in [0.3, 0.4) is 0 Å². The first-order valence-electron chi connectivity index (χ1n) is 10.3. The van der Waals surface area contributed by atoms with E-state index in [2.05, 4.69) is 17.7 Å². The van der Waals surface area contributed by atoms with Crippen molar-refractivity contribution >= 4 is 12.1 Å². The van der Waals surface area contributed by atoms with Gasteiger partial charge in [-0.2, -0.15) is 5.10 Å². The Morgan fingerprint density at radius 1 is 1.13 bits per heavy atom. The number of benzene rings is 1. The number of esters is 1. The summed E-state index contributed by atoms with van der Waals surface area (Å²) >= 11 is 0. The van der Waals surface area contributed by atoms with Crippen molar-refractivity contribution in [3.8, 4) is 11.3 Å². The summed E-state index contributed by atoms with van der Waals surface area (Å²) in [5.41, 5.74) is 3.26. The van der Waals surface area contributed by atoms with Crippen LogP contribution in [0, 0.1) is 12.3 Å². The summed E-state index contributed by atoms with van der Waals surface area (Å²) in [5.74, 6) is -0.344. The quantitative estimate of drug-likeness (QED) is 0.707. The molecule has 1 spiro atoms. The standard InChI is InChI=1S/C23H29N3O4/c1-15-10-19(16-6-8-17(9-7-16)20(27)29-5)24-26(15)18-11-23(12-18)13-25(14-23)21(28)30-22(2,3)4/h6-10,18H,11-14H2,1-5H3. The van der Waals surface area contributed by atoms with Gasteiger partial charge in [-0.05, 0) is 58.7 Å². The summed E-state index contributed by atoms with van der Waals surface area (Å²) in [5, 5.41) is 4.82. The number of aryl methyl sites for hydroxylation is 1. The highest BCUT2D eigenvalue weighted by atomic mass is 16.6. The number of amides is 1. The fourth-order valence-corrected chi connectivity index (χ4v) is 4.48. The summed E-state index contributed by atoms with van der Waals surface area (Å²) in [6.07, 6.45) is 1.83. The van der Waals surface area contributed by atoms with Gasteiger partial charge in [0.25, 0.3) is 0 Å². The highest BCUT2D eigenvalue weighted by Crippen LogP contribution is 2.54. The Hall–Kier alpha value is -2.83. The van der Waals surface area contributed by atoms with Gasteiger partial charge in [0.2, 0.25) is 0 Å². The molecule has 4 rings (SSSR count). The van der Waals surface area contributed by atoms with E-state index >= 15 is 0 Å². The predicted molar refractivity (Wildman–Crippen MR) is 112 cm³/mol. The number of aromatic nitrogens is 2. The number of carbonyl (C=O) groups is 2. The molecule has 1 saturated carbocycles. The molecular weight excluding hydrogens is 382 g/mol. The summed E-state index contributed by atoms with van der Waals surface area (Å²) in [7, 11) is 1.38. The second-order valence-corrected chi connectivity index (χ2v) is 9.58. The second kappa shape index (κ2) is 7.15. The Kier molecular flexibility index (Phi) is 4.87. The van der Waals surface area contributed by atoms with Crippen molar-refractivity contribution in [1.29, 1.82) is 0 Å². The van der Waals surface area contributed by atoms with Crippen molar-refractivity contribution in [2.75, 3.05) is 20.2 Å². The van der Waals surface area contributed by atoms with E-state index in [9.17, 15) is 9.59 Å². The molecule has 1 aromatic carbocycles. The number of hydrogen-bond donors (Lipinski definition) is 0. The number of methoxy groups -OCH3 is 1. The molecule has 7 heteroatoms. The van der Waals surface area contributed by atoms with Gasteiger partial charge in [-0.3, -0.25) is 4.68 Å². The number of rotatable bonds is 3. The molecule has 2 fully saturated rings. The minimum Gasteiger partial charge on any atom is -0.465 e. The summed E-state index contributed by atoms with van der Waals surface area (Å²) in [6, 6.07) is 9.73. The lowest BCUT2D eigenvalue weighted by Crippen LogP contribution is -2.64. The molecule has 7 nitrogen and oxygen atoms in total. The molecule has 1 aliphatic heterocycles. The Labute approximate surface area is 177 Å². The Bertz CT molecular complexity index is 957. The average Bonchev–Trinajstić information content (AvgIpc) is 2.99. The van der Waals surface area contributed by atoms with E-state index in [-0.39, 0.29) is 17.5 Å². The molecule has 1 aromatic heterocycles. The van der Waals surface area contributed by atoms with Gasteiger partial charge < -0.3 is 14.4 Å². The normalized spacial score (nSPS) is 18.0. The van der Waals surface area contributed by atoms with E-state index in [4.69, 9.17) is 14.6 Å². The van der Waals surface area contributed by atoms with Gasteiger partial charge in [0, 0.05) is 29.8 Å². The highest BCUT2D eigenvalue weighted by Gasteiger charge is 2.55. The van der Waals surface area contributed by atoms with Crippen LogP contribution >= 0.6 is 0 Å². The first kappa shape index (κ1) is 20.4. The highest BCUT2D eigenvalue weighted by molar-refractivity contribution is 5.89. The minimum atomic E-state index is -0.459. The van der Waals surface area contributed by atoms with E-state index in [0.29, 0.717) is 11.6 Å². The van der Waals surface area contributed by atoms with E-state index in [1.165, 1.54) is 7.11 Å². The van der Waals surface area contributed by atoms with Crippen LogP contribution in [-0.4, -0.2) is 52.5 Å². The molecule has 2 heterocycles. The predicted octanol–water partition coefficient (Wildman–Crippen LogP) is 4.22. The zero-order valence-corrected chi connectivity index (χ0v) is 18.3. The van der Waals surface area contributed by atoms with E-state index in [1.54, 1.807) is 17.0 Å². The maximum absolute atomic E-state index is 12.2. The second-order valence-electron chi connectivity index (χ2n) is 9.58. The van der Waals surface area contributed by atoms with Crippen molar-refractivity contribution in [3.05, 3.63) is 41.6 Å². The molecule has 0 atom stereocenters. The minimum absolute atomic E-state index is 0.211. The van der Waals surface area contributed by atoms with Gasteiger partial charge in [0.05, 0.1) is 24.4 Å². The third-order valence-electron chi connectivity index (χ3n) is 5.91. The van der Waals surface area contributed by atoms with E-state index in [0.717, 1.165) is 42.9 Å². The Balaban J connectivity index is 1.37. The smallest absolute Gasteiger partial charge is 0.410 e. The lowest BCUT2D eigenvalue weighted by atomic mass is 9.61. The molecule has 160 valence electrons. The van der Waals surface area contributed by atoms with Crippen LogP contribution in [0.1, 0.15) is 55.7 Å². The molecule has 1 aliphatic carbocycles. The number of carbonyl (C=O) groups excluding carboxylic acids is 2. The molecule has 2 aliphatic rings. The lowest BCUT2D eigenvalue weighted by Gasteiger charge is -2.58. The van der Waals surface area contributed by atoms with Gasteiger partial charge in [-0.25, -0.2) is 9.59 Å². The van der Waals surface area contributed by atoms with Gasteiger partial charge in [0.15, 0.2) is 0 Å². The van der Waals surface area contributed by atoms with Crippen molar-refractivity contribution in [2.24, 2.45) is 5.41 Å². The van der Waals surface area contributed by atoms with E-state index in [1.807, 2.05) is 32.9 Å². The van der Waals surface area contributed by atoms with Crippen LogP contribution in [-0.2, 0) is 9.47 Å². The Morgan fingerprint density at radius 2 is 1.77 bits per heavy atom. The van der Waals surface area contributed by atoms with Gasteiger partial charge in [-0.1, -0.05) is 12.1 Å². The van der Waals surface area contributed by atoms with Gasteiger partial charge >= 0.3 is 12.1 Å². The summed E-state index contributed by atoms with van der Waals surface area (Å²) in [6.45, 7) is 9.27. The fraction of sp³-hybridized carbons (Fsp3) is 0.522. The summed E-state index contributed by atoms with van der Waals surface area (Å²) < 4.78 is 12.3. The molecule has 2 aromatic rings. The molecule has 30 heavy (non-hydrogen) atoms. The zero-order valence-electron chi connectivity index (χ0n) is 18.3. The maximum Gasteiger partial charge on any atom is 0.410 e. The first-order chi connectivity index (χ1) is 14.1. The summed E-state index contributed by atoms with van der Waals surface area (Å²) in [4.78, 5) is 25.6. The molecule has 1 saturated heterocycles. The SMILES string of the molecule is COC(=O)c1ccc(-c2cc(C)n(C3CC4(C3)CN(C(=O)OC(C)(C)C)C4)n2)cc1. The van der Waals surface area contributed by atoms with Gasteiger partial charge in [-0.15, -0.1) is 0 Å². The fourth-order valence-electron chi connectivity index (χ4n) is 4.48. The Morgan fingerprint density at radius 3 is 2.33 bits per heavy atom. The van der Waals surface area contributed by atoms with Crippen molar-refractivity contribution in [2.45, 2.75) is 52.2 Å². The first-order valence-corrected chi connectivity index (χ1v) is 10.3. The van der Waals surface area contributed by atoms with Crippen molar-refractivity contribution in [3.63, 3.8) is 0 Å². The average molecular weight is 412 g/mol. The topological polar surface area (TPSA) is 73.7 Å². The van der Waals surface area contributed by atoms with Crippen molar-refractivity contribution in [1.82, 2.24) is 14.7 Å². The molecule has 0 radical (unpaired) electrons. The molecule has 0 unspecified atom stereocenters. The zero-order chi connectivity index (χ0) is 21.7. The monoisotopic (exact) mass is 411 g/mol. The molecule has 0 bridgehead atoms. The van der Waals surface area contributed by atoms with Crippen LogP contribution < -0.4 is 0 Å². The number of likely N-dealkylation sites (tertiary alicyclic amines) is 1. The maximum atomic E-state index is 12.2. The number of ether oxygens (including phenoxy) is 2. The van der Waals surface area contributed by atoms with Crippen LogP contribution in [0.2, 0.25) is 0 Å². The third kappa shape index (κ3) is 3.80. The third-order valence-corrected chi connectivity index (χ3v) is 5.91. The lowest BCUT2D eigenvalue weighted by molar-refractivity contribution is -0.0930. The number of nitrogens with zero attached hydrogens (tertiary/aromatic N) is 3. The van der Waals surface area contributed by atoms with Gasteiger partial charge in [0.1, 0.15) is 5.60 Å². The van der Waals surface area contributed by atoms with Crippen molar-refractivity contribution < 1.29 is 19.1 Å².